The zero-order chi connectivity index (χ0) is 13.3. The van der Waals surface area contributed by atoms with Crippen LogP contribution in [0.25, 0.3) is 0 Å². The summed E-state index contributed by atoms with van der Waals surface area (Å²) >= 11 is 0. The molecule has 9 heteroatoms. The van der Waals surface area contributed by atoms with Gasteiger partial charge in [-0.05, 0) is 0 Å². The Labute approximate surface area is 91.4 Å². The summed E-state index contributed by atoms with van der Waals surface area (Å²) in [7, 11) is 0. The Morgan fingerprint density at radius 2 is 1.56 bits per heavy atom. The van der Waals surface area contributed by atoms with Crippen molar-refractivity contribution in [3.63, 3.8) is 0 Å². The van der Waals surface area contributed by atoms with E-state index in [9.17, 15) is 4.79 Å². The van der Waals surface area contributed by atoms with E-state index >= 15 is 0 Å². The van der Waals surface area contributed by atoms with Crippen molar-refractivity contribution >= 4 is 12.2 Å². The number of aliphatic hydroxyl groups is 5. The van der Waals surface area contributed by atoms with E-state index < -0.39 is 31.0 Å². The minimum absolute atomic E-state index is 0.0258. The lowest BCUT2D eigenvalue weighted by Crippen LogP contribution is -2.46. The molecule has 0 aromatic carbocycles. The van der Waals surface area contributed by atoms with Crippen molar-refractivity contribution in [1.29, 1.82) is 5.41 Å². The average molecular weight is 239 g/mol. The molecule has 96 valence electrons. The zero-order valence-corrected chi connectivity index (χ0v) is 8.39. The highest BCUT2D eigenvalue weighted by atomic mass is 16.4. The fraction of sp³-hybridized carbons (Fsp3) is 0.714. The summed E-state index contributed by atoms with van der Waals surface area (Å²) in [5, 5.41) is 49.6. The van der Waals surface area contributed by atoms with Crippen molar-refractivity contribution in [2.75, 3.05) is 6.61 Å². The third-order valence-corrected chi connectivity index (χ3v) is 1.42. The first-order valence-corrected chi connectivity index (χ1v) is 4.15. The topological polar surface area (TPSA) is 194 Å². The van der Waals surface area contributed by atoms with E-state index in [1.807, 2.05) is 0 Å². The maximum atomic E-state index is 9.90. The minimum atomic E-state index is -1.79. The highest BCUT2D eigenvalue weighted by Gasteiger charge is 2.29. The number of nitrogens with two attached hydrogens (primary N) is 2. The van der Waals surface area contributed by atoms with Crippen LogP contribution < -0.4 is 11.5 Å². The fourth-order valence-electron chi connectivity index (χ4n) is 0.618. The van der Waals surface area contributed by atoms with Crippen LogP contribution in [-0.2, 0) is 4.79 Å². The Bertz CT molecular complexity index is 210. The Morgan fingerprint density at radius 3 is 1.81 bits per heavy atom. The molecule has 9 nitrogen and oxygen atoms in total. The van der Waals surface area contributed by atoms with Crippen LogP contribution in [0.4, 0.5) is 0 Å². The van der Waals surface area contributed by atoms with E-state index in [0.29, 0.717) is 0 Å². The molecular formula is C7H17N3O6. The monoisotopic (exact) mass is 239 g/mol. The van der Waals surface area contributed by atoms with Crippen LogP contribution in [0, 0.1) is 5.41 Å². The van der Waals surface area contributed by atoms with Crippen molar-refractivity contribution in [2.24, 2.45) is 11.5 Å². The number of carbonyl (C=O) groups is 1. The van der Waals surface area contributed by atoms with Crippen molar-refractivity contribution < 1.29 is 30.3 Å². The van der Waals surface area contributed by atoms with Crippen LogP contribution >= 0.6 is 0 Å². The van der Waals surface area contributed by atoms with E-state index in [1.165, 1.54) is 0 Å². The summed E-state index contributed by atoms with van der Waals surface area (Å²) in [6.45, 7) is -0.760. The molecule has 0 spiro atoms. The van der Waals surface area contributed by atoms with Gasteiger partial charge in [-0.1, -0.05) is 0 Å². The molecule has 16 heavy (non-hydrogen) atoms. The molecular weight excluding hydrogens is 222 g/mol. The summed E-state index contributed by atoms with van der Waals surface area (Å²) < 4.78 is 0. The molecule has 0 unspecified atom stereocenters. The molecule has 0 amide bonds. The SMILES string of the molecule is N=C(N)N.O=C[C@H](O)[C@@H](O)[C@H](O)[C@H](O)CO. The number of hydrogen-bond donors (Lipinski definition) is 8. The number of guanidine groups is 1. The molecule has 0 heterocycles. The van der Waals surface area contributed by atoms with Gasteiger partial charge in [-0.2, -0.15) is 0 Å². The van der Waals surface area contributed by atoms with Gasteiger partial charge in [-0.3, -0.25) is 5.41 Å². The number of hydrogen-bond acceptors (Lipinski definition) is 7. The summed E-state index contributed by atoms with van der Waals surface area (Å²) in [5.41, 5.74) is 8.94. The predicted octanol–water partition coefficient (Wildman–Crippen LogP) is -4.54. The number of rotatable bonds is 5. The number of aliphatic hydroxyl groups excluding tert-OH is 5. The first-order valence-electron chi connectivity index (χ1n) is 4.15. The molecule has 0 radical (unpaired) electrons. The van der Waals surface area contributed by atoms with Crippen LogP contribution in [0.2, 0.25) is 0 Å². The predicted molar refractivity (Wildman–Crippen MR) is 53.3 cm³/mol. The number of nitrogens with one attached hydrogen (secondary N) is 1. The van der Waals surface area contributed by atoms with Crippen molar-refractivity contribution in [3.8, 4) is 0 Å². The third-order valence-electron chi connectivity index (χ3n) is 1.42. The molecule has 0 rings (SSSR count). The second-order valence-electron chi connectivity index (χ2n) is 2.81. The maximum absolute atomic E-state index is 9.90. The molecule has 10 N–H and O–H groups in total. The standard InChI is InChI=1S/C6H12O6.CH5N3/c7-1-3(9)5(11)6(12)4(10)2-8;2-1(3)4/h1,3-6,8-12H,2H2;(H5,2,3,4)/t3-,4+,5+,6+;/m0./s1. The highest BCUT2D eigenvalue weighted by molar-refractivity contribution is 5.71. The van der Waals surface area contributed by atoms with Crippen LogP contribution in [-0.4, -0.2) is 68.8 Å². The molecule has 0 bridgehead atoms. The van der Waals surface area contributed by atoms with Crippen molar-refractivity contribution in [3.05, 3.63) is 0 Å². The van der Waals surface area contributed by atoms with Gasteiger partial charge in [-0.15, -0.1) is 0 Å². The van der Waals surface area contributed by atoms with Crippen LogP contribution in [0.1, 0.15) is 0 Å². The van der Waals surface area contributed by atoms with Gasteiger partial charge < -0.3 is 41.8 Å². The Balaban J connectivity index is 0. The fourth-order valence-corrected chi connectivity index (χ4v) is 0.618. The van der Waals surface area contributed by atoms with E-state index in [4.69, 9.17) is 30.9 Å². The number of aldehydes is 1. The lowest BCUT2D eigenvalue weighted by molar-refractivity contribution is -0.136. The second-order valence-corrected chi connectivity index (χ2v) is 2.81. The Kier molecular flexibility index (Phi) is 9.65. The largest absolute Gasteiger partial charge is 0.394 e. The van der Waals surface area contributed by atoms with Gasteiger partial charge in [0.15, 0.2) is 12.2 Å². The number of carbonyl (C=O) groups excluding carboxylic acids is 1. The average Bonchev–Trinajstić information content (AvgIpc) is 2.24. The molecule has 0 aromatic heterocycles. The van der Waals surface area contributed by atoms with Crippen molar-refractivity contribution in [2.45, 2.75) is 24.4 Å². The molecule has 0 aliphatic carbocycles. The summed E-state index contributed by atoms with van der Waals surface area (Å²) in [6.07, 6.45) is -6.84. The maximum Gasteiger partial charge on any atom is 0.183 e. The molecule has 0 saturated heterocycles. The van der Waals surface area contributed by atoms with Gasteiger partial charge in [0.1, 0.15) is 24.4 Å². The minimum Gasteiger partial charge on any atom is -0.394 e. The second kappa shape index (κ2) is 9.00. The Hall–Kier alpha value is -1.26. The quantitative estimate of drug-likeness (QED) is 0.133. The zero-order valence-electron chi connectivity index (χ0n) is 8.39. The molecule has 0 saturated carbocycles. The lowest BCUT2D eigenvalue weighted by Gasteiger charge is -2.22. The summed E-state index contributed by atoms with van der Waals surface area (Å²) in [6, 6.07) is 0. The third kappa shape index (κ3) is 8.08. The van der Waals surface area contributed by atoms with Gasteiger partial charge in [0.05, 0.1) is 6.61 Å². The van der Waals surface area contributed by atoms with Gasteiger partial charge in [-0.25, -0.2) is 0 Å². The lowest BCUT2D eigenvalue weighted by atomic mass is 10.0. The van der Waals surface area contributed by atoms with Crippen LogP contribution in [0.5, 0.6) is 0 Å². The van der Waals surface area contributed by atoms with E-state index in [1.54, 1.807) is 0 Å². The van der Waals surface area contributed by atoms with E-state index in [2.05, 4.69) is 11.5 Å². The van der Waals surface area contributed by atoms with Crippen LogP contribution in [0.15, 0.2) is 0 Å². The Morgan fingerprint density at radius 1 is 1.19 bits per heavy atom. The normalized spacial score (nSPS) is 17.3. The molecule has 0 aliphatic heterocycles. The smallest absolute Gasteiger partial charge is 0.183 e. The first-order chi connectivity index (χ1) is 7.27. The molecule has 4 atom stereocenters. The highest BCUT2D eigenvalue weighted by Crippen LogP contribution is 2.02. The van der Waals surface area contributed by atoms with Gasteiger partial charge in [0, 0.05) is 0 Å². The molecule has 0 aliphatic rings. The summed E-state index contributed by atoms with van der Waals surface area (Å²) in [5.74, 6) is -0.333. The van der Waals surface area contributed by atoms with Gasteiger partial charge in [0.25, 0.3) is 0 Å². The van der Waals surface area contributed by atoms with Crippen LogP contribution in [0.3, 0.4) is 0 Å². The summed E-state index contributed by atoms with van der Waals surface area (Å²) in [4.78, 5) is 9.90. The van der Waals surface area contributed by atoms with E-state index in [0.717, 1.165) is 0 Å². The van der Waals surface area contributed by atoms with Crippen molar-refractivity contribution in [1.82, 2.24) is 0 Å². The molecule has 0 aromatic rings. The molecule has 0 fully saturated rings. The van der Waals surface area contributed by atoms with E-state index in [-0.39, 0.29) is 12.2 Å². The van der Waals surface area contributed by atoms with Gasteiger partial charge >= 0.3 is 0 Å². The first kappa shape index (κ1) is 17.1. The van der Waals surface area contributed by atoms with Gasteiger partial charge in [0.2, 0.25) is 0 Å².